The first-order chi connectivity index (χ1) is 10.2. The fraction of sp³-hybridized carbons (Fsp3) is 0.250. The molecule has 3 rings (SSSR count). The van der Waals surface area contributed by atoms with E-state index >= 15 is 0 Å². The highest BCUT2D eigenvalue weighted by Gasteiger charge is 2.08. The molecule has 0 radical (unpaired) electrons. The van der Waals surface area contributed by atoms with Gasteiger partial charge in [-0.25, -0.2) is 4.98 Å². The van der Waals surface area contributed by atoms with Crippen LogP contribution in [-0.2, 0) is 4.79 Å². The number of nitrogens with one attached hydrogen (secondary N) is 1. The van der Waals surface area contributed by atoms with Gasteiger partial charge in [-0.15, -0.1) is 11.3 Å². The summed E-state index contributed by atoms with van der Waals surface area (Å²) in [5.74, 6) is 0.0587. The van der Waals surface area contributed by atoms with Crippen molar-refractivity contribution in [1.82, 2.24) is 9.38 Å². The van der Waals surface area contributed by atoms with E-state index in [1.807, 2.05) is 37.4 Å². The van der Waals surface area contributed by atoms with E-state index in [1.54, 1.807) is 11.3 Å². The highest BCUT2D eigenvalue weighted by molar-refractivity contribution is 7.15. The maximum atomic E-state index is 11.6. The van der Waals surface area contributed by atoms with E-state index in [0.717, 1.165) is 28.3 Å². The Morgan fingerprint density at radius 2 is 2.10 bits per heavy atom. The first-order valence-corrected chi connectivity index (χ1v) is 7.89. The van der Waals surface area contributed by atoms with Crippen molar-refractivity contribution in [3.8, 4) is 11.3 Å². The van der Waals surface area contributed by atoms with Gasteiger partial charge in [-0.3, -0.25) is 9.20 Å². The summed E-state index contributed by atoms with van der Waals surface area (Å²) in [7, 11) is 0. The molecule has 1 aromatic carbocycles. The van der Waals surface area contributed by atoms with Crippen molar-refractivity contribution in [2.45, 2.75) is 26.7 Å². The maximum Gasteiger partial charge on any atom is 0.224 e. The lowest BCUT2D eigenvalue weighted by Crippen LogP contribution is -2.10. The van der Waals surface area contributed by atoms with E-state index in [1.165, 1.54) is 5.69 Å². The molecule has 1 amide bonds. The topological polar surface area (TPSA) is 46.4 Å². The number of carbonyl (C=O) groups is 1. The molecular formula is C16H17N3OS. The summed E-state index contributed by atoms with van der Waals surface area (Å²) in [6.45, 7) is 4.07. The molecule has 0 fully saturated rings. The van der Waals surface area contributed by atoms with E-state index in [2.05, 4.69) is 27.0 Å². The van der Waals surface area contributed by atoms with Crippen molar-refractivity contribution in [2.75, 3.05) is 5.32 Å². The zero-order chi connectivity index (χ0) is 14.8. The number of anilines is 1. The Morgan fingerprint density at radius 3 is 2.76 bits per heavy atom. The molecule has 0 aliphatic rings. The number of carbonyl (C=O) groups excluding carboxylic acids is 1. The van der Waals surface area contributed by atoms with Crippen LogP contribution in [0.2, 0.25) is 0 Å². The number of fused-ring (bicyclic) bond motifs is 1. The summed E-state index contributed by atoms with van der Waals surface area (Å²) in [6, 6.07) is 7.82. The van der Waals surface area contributed by atoms with Crippen LogP contribution in [0.25, 0.3) is 16.2 Å². The Bertz CT molecular complexity index is 771. The zero-order valence-corrected chi connectivity index (χ0v) is 12.9. The third kappa shape index (κ3) is 2.83. The second-order valence-electron chi connectivity index (χ2n) is 5.03. The number of aromatic nitrogens is 2. The lowest BCUT2D eigenvalue weighted by molar-refractivity contribution is -0.116. The average Bonchev–Trinajstić information content (AvgIpc) is 3.03. The van der Waals surface area contributed by atoms with Crippen LogP contribution in [0.3, 0.4) is 0 Å². The molecule has 0 aliphatic carbocycles. The molecule has 2 aromatic heterocycles. The molecule has 0 bridgehead atoms. The van der Waals surface area contributed by atoms with Gasteiger partial charge < -0.3 is 5.32 Å². The van der Waals surface area contributed by atoms with Crippen LogP contribution in [0.4, 0.5) is 5.69 Å². The van der Waals surface area contributed by atoms with Gasteiger partial charge in [-0.1, -0.05) is 19.1 Å². The summed E-state index contributed by atoms with van der Waals surface area (Å²) in [4.78, 5) is 17.2. The van der Waals surface area contributed by atoms with E-state index < -0.39 is 0 Å². The van der Waals surface area contributed by atoms with Gasteiger partial charge in [0.05, 0.1) is 5.69 Å². The van der Waals surface area contributed by atoms with Crippen LogP contribution in [0, 0.1) is 6.92 Å². The number of thiazole rings is 1. The lowest BCUT2D eigenvalue weighted by Gasteiger charge is -2.04. The maximum absolute atomic E-state index is 11.6. The predicted octanol–water partition coefficient (Wildman–Crippen LogP) is 4.11. The molecule has 0 saturated heterocycles. The number of amides is 1. The fourth-order valence-electron chi connectivity index (χ4n) is 2.21. The van der Waals surface area contributed by atoms with Crippen LogP contribution in [0.15, 0.2) is 35.8 Å². The van der Waals surface area contributed by atoms with Crippen molar-refractivity contribution in [2.24, 2.45) is 0 Å². The molecule has 108 valence electrons. The molecule has 1 N–H and O–H groups in total. The van der Waals surface area contributed by atoms with Gasteiger partial charge in [0, 0.05) is 34.9 Å². The number of benzene rings is 1. The smallest absolute Gasteiger partial charge is 0.224 e. The Balaban J connectivity index is 1.81. The Hall–Kier alpha value is -2.14. The standard InChI is InChI=1S/C16H17N3OS/c1-3-4-15(20)17-13-7-5-12(6-8-13)14-9-19-11(2)10-21-16(19)18-14/h5-10H,3-4H2,1-2H3,(H,17,20). The SMILES string of the molecule is CCCC(=O)Nc1ccc(-c2cn3c(C)csc3n2)cc1. The molecule has 0 unspecified atom stereocenters. The lowest BCUT2D eigenvalue weighted by atomic mass is 10.1. The number of hydrogen-bond acceptors (Lipinski definition) is 3. The van der Waals surface area contributed by atoms with Crippen molar-refractivity contribution in [1.29, 1.82) is 0 Å². The second-order valence-corrected chi connectivity index (χ2v) is 5.87. The summed E-state index contributed by atoms with van der Waals surface area (Å²) in [5, 5.41) is 4.99. The number of imidazole rings is 1. The number of rotatable bonds is 4. The van der Waals surface area contributed by atoms with Crippen LogP contribution >= 0.6 is 11.3 Å². The molecule has 21 heavy (non-hydrogen) atoms. The summed E-state index contributed by atoms with van der Waals surface area (Å²) in [5.41, 5.74) is 4.03. The minimum Gasteiger partial charge on any atom is -0.326 e. The third-order valence-electron chi connectivity index (χ3n) is 3.33. The normalized spacial score (nSPS) is 11.0. The summed E-state index contributed by atoms with van der Waals surface area (Å²) < 4.78 is 2.09. The monoisotopic (exact) mass is 299 g/mol. The average molecular weight is 299 g/mol. The van der Waals surface area contributed by atoms with Crippen molar-refractivity contribution in [3.05, 3.63) is 41.5 Å². The minimum absolute atomic E-state index is 0.0587. The molecule has 0 spiro atoms. The summed E-state index contributed by atoms with van der Waals surface area (Å²) in [6.07, 6.45) is 3.46. The molecule has 3 aromatic rings. The molecule has 5 heteroatoms. The molecular weight excluding hydrogens is 282 g/mol. The van der Waals surface area contributed by atoms with Gasteiger partial charge in [-0.05, 0) is 25.5 Å². The minimum atomic E-state index is 0.0587. The van der Waals surface area contributed by atoms with E-state index in [0.29, 0.717) is 6.42 Å². The Kier molecular flexibility index (Phi) is 3.75. The van der Waals surface area contributed by atoms with Gasteiger partial charge in [0.2, 0.25) is 5.91 Å². The van der Waals surface area contributed by atoms with Gasteiger partial charge in [0.25, 0.3) is 0 Å². The number of hydrogen-bond donors (Lipinski definition) is 1. The highest BCUT2D eigenvalue weighted by atomic mass is 32.1. The molecule has 0 saturated carbocycles. The van der Waals surface area contributed by atoms with E-state index in [9.17, 15) is 4.79 Å². The Morgan fingerprint density at radius 1 is 1.33 bits per heavy atom. The molecule has 0 aliphatic heterocycles. The van der Waals surface area contributed by atoms with Gasteiger partial charge in [0.15, 0.2) is 4.96 Å². The molecule has 0 atom stereocenters. The number of aryl methyl sites for hydroxylation is 1. The first kappa shape index (κ1) is 13.8. The Labute approximate surface area is 127 Å². The van der Waals surface area contributed by atoms with E-state index in [-0.39, 0.29) is 5.91 Å². The molecule has 2 heterocycles. The van der Waals surface area contributed by atoms with Crippen LogP contribution in [-0.4, -0.2) is 15.3 Å². The van der Waals surface area contributed by atoms with Gasteiger partial charge in [0.1, 0.15) is 0 Å². The van der Waals surface area contributed by atoms with Crippen LogP contribution < -0.4 is 5.32 Å². The van der Waals surface area contributed by atoms with Crippen molar-refractivity contribution in [3.63, 3.8) is 0 Å². The van der Waals surface area contributed by atoms with Gasteiger partial charge >= 0.3 is 0 Å². The van der Waals surface area contributed by atoms with Crippen LogP contribution in [0.1, 0.15) is 25.5 Å². The van der Waals surface area contributed by atoms with E-state index in [4.69, 9.17) is 0 Å². The fourth-order valence-corrected chi connectivity index (χ4v) is 3.06. The predicted molar refractivity (Wildman–Crippen MR) is 86.8 cm³/mol. The zero-order valence-electron chi connectivity index (χ0n) is 12.1. The van der Waals surface area contributed by atoms with Gasteiger partial charge in [-0.2, -0.15) is 0 Å². The summed E-state index contributed by atoms with van der Waals surface area (Å²) >= 11 is 1.64. The second kappa shape index (κ2) is 5.69. The van der Waals surface area contributed by atoms with Crippen molar-refractivity contribution >= 4 is 27.9 Å². The molecule has 4 nitrogen and oxygen atoms in total. The van der Waals surface area contributed by atoms with Crippen LogP contribution in [0.5, 0.6) is 0 Å². The third-order valence-corrected chi connectivity index (χ3v) is 4.29. The van der Waals surface area contributed by atoms with Crippen molar-refractivity contribution < 1.29 is 4.79 Å². The highest BCUT2D eigenvalue weighted by Crippen LogP contribution is 2.24. The first-order valence-electron chi connectivity index (χ1n) is 7.01. The largest absolute Gasteiger partial charge is 0.326 e. The quantitative estimate of drug-likeness (QED) is 0.788. The number of nitrogens with zero attached hydrogens (tertiary/aromatic N) is 2.